The van der Waals surface area contributed by atoms with E-state index >= 15 is 0 Å². The number of nitrogens with zero attached hydrogens (tertiary/aromatic N) is 1. The molecule has 2 fully saturated rings. The number of hydrogen-bond donors (Lipinski definition) is 1. The van der Waals surface area contributed by atoms with Crippen molar-refractivity contribution in [1.82, 2.24) is 10.2 Å². The van der Waals surface area contributed by atoms with E-state index in [1.165, 1.54) is 0 Å². The van der Waals surface area contributed by atoms with Gasteiger partial charge >= 0.3 is 5.97 Å². The molecule has 110 valence electrons. The van der Waals surface area contributed by atoms with E-state index in [-0.39, 0.29) is 17.4 Å². The van der Waals surface area contributed by atoms with Crippen molar-refractivity contribution in [2.45, 2.75) is 38.3 Å². The Hall–Kier alpha value is -0.650. The number of piperidine rings is 1. The first-order valence-electron chi connectivity index (χ1n) is 7.22. The van der Waals surface area contributed by atoms with Crippen LogP contribution in [0.25, 0.3) is 0 Å². The lowest BCUT2D eigenvalue weighted by Gasteiger charge is -2.16. The molecule has 0 radical (unpaired) electrons. The molecule has 1 N–H and O–H groups in total. The molecule has 1 heterocycles. The maximum Gasteiger partial charge on any atom is 0.323 e. The molecule has 0 aromatic carbocycles. The average Bonchev–Trinajstić information content (AvgIpc) is 2.90. The smallest absolute Gasteiger partial charge is 0.323 e. The van der Waals surface area contributed by atoms with Gasteiger partial charge < -0.3 is 19.7 Å². The van der Waals surface area contributed by atoms with Crippen LogP contribution < -0.4 is 5.32 Å². The van der Waals surface area contributed by atoms with Crippen LogP contribution in [0.2, 0.25) is 0 Å². The Bertz CT molecular complexity index is 322. The lowest BCUT2D eigenvalue weighted by Crippen LogP contribution is -2.35. The van der Waals surface area contributed by atoms with Gasteiger partial charge in [0.1, 0.15) is 6.04 Å². The van der Waals surface area contributed by atoms with E-state index < -0.39 is 0 Å². The Morgan fingerprint density at radius 2 is 2.21 bits per heavy atom. The highest BCUT2D eigenvalue weighted by Gasteiger charge is 2.61. The van der Waals surface area contributed by atoms with Gasteiger partial charge in [-0.25, -0.2) is 0 Å². The summed E-state index contributed by atoms with van der Waals surface area (Å²) in [4.78, 5) is 13.8. The van der Waals surface area contributed by atoms with Gasteiger partial charge in [0, 0.05) is 18.1 Å². The van der Waals surface area contributed by atoms with Gasteiger partial charge in [0.05, 0.1) is 13.2 Å². The summed E-state index contributed by atoms with van der Waals surface area (Å²) in [5.41, 5.74) is 0.204. The number of esters is 1. The van der Waals surface area contributed by atoms with Crippen LogP contribution in [0.1, 0.15) is 26.2 Å². The van der Waals surface area contributed by atoms with Crippen LogP contribution >= 0.6 is 0 Å². The number of rotatable bonds is 8. The zero-order valence-electron chi connectivity index (χ0n) is 12.3. The van der Waals surface area contributed by atoms with Gasteiger partial charge in [0.25, 0.3) is 0 Å². The average molecular weight is 270 g/mol. The van der Waals surface area contributed by atoms with Gasteiger partial charge in [0.2, 0.25) is 0 Å². The third kappa shape index (κ3) is 3.68. The van der Waals surface area contributed by atoms with Crippen molar-refractivity contribution >= 4 is 5.97 Å². The van der Waals surface area contributed by atoms with Crippen LogP contribution in [0.4, 0.5) is 0 Å². The molecule has 1 aliphatic heterocycles. The van der Waals surface area contributed by atoms with E-state index in [0.29, 0.717) is 12.6 Å². The number of ether oxygens (including phenoxy) is 2. The molecular weight excluding hydrogens is 244 g/mol. The lowest BCUT2D eigenvalue weighted by molar-refractivity contribution is -0.145. The molecular formula is C14H26N2O3. The summed E-state index contributed by atoms with van der Waals surface area (Å²) < 4.78 is 10.8. The molecule has 0 spiro atoms. The Morgan fingerprint density at radius 1 is 1.42 bits per heavy atom. The fourth-order valence-electron chi connectivity index (χ4n) is 2.89. The summed E-state index contributed by atoms with van der Waals surface area (Å²) in [5.74, 6) is -0.110. The Labute approximate surface area is 115 Å². The number of carbonyl (C=O) groups excluding carboxylic acids is 1. The highest BCUT2D eigenvalue weighted by atomic mass is 16.5. The molecule has 1 aliphatic carbocycles. The van der Waals surface area contributed by atoms with Gasteiger partial charge in [-0.1, -0.05) is 0 Å². The molecule has 5 heteroatoms. The van der Waals surface area contributed by atoms with Crippen LogP contribution in [0.5, 0.6) is 0 Å². The minimum Gasteiger partial charge on any atom is -0.465 e. The number of fused-ring (bicyclic) bond motifs is 1. The van der Waals surface area contributed by atoms with E-state index in [1.54, 1.807) is 0 Å². The van der Waals surface area contributed by atoms with Crippen LogP contribution in [-0.4, -0.2) is 63.4 Å². The summed E-state index contributed by atoms with van der Waals surface area (Å²) in [6.07, 6.45) is 3.06. The van der Waals surface area contributed by atoms with Crippen LogP contribution in [0.3, 0.4) is 0 Å². The highest BCUT2D eigenvalue weighted by Crippen LogP contribution is 2.54. The van der Waals surface area contributed by atoms with E-state index in [4.69, 9.17) is 9.47 Å². The summed E-state index contributed by atoms with van der Waals surface area (Å²) in [7, 11) is 4.14. The van der Waals surface area contributed by atoms with Crippen molar-refractivity contribution in [2.75, 3.05) is 40.5 Å². The van der Waals surface area contributed by atoms with Crippen LogP contribution in [0, 0.1) is 5.41 Å². The zero-order valence-corrected chi connectivity index (χ0v) is 12.3. The Kier molecular flexibility index (Phi) is 4.81. The Morgan fingerprint density at radius 3 is 2.89 bits per heavy atom. The first-order chi connectivity index (χ1) is 9.07. The highest BCUT2D eigenvalue weighted by molar-refractivity contribution is 5.77. The SMILES string of the molecule is CCOC(=O)[C@@H]1C[C@]2(COCCCN(C)C)CC2N1. The predicted molar refractivity (Wildman–Crippen MR) is 73.0 cm³/mol. The van der Waals surface area contributed by atoms with Gasteiger partial charge in [-0.2, -0.15) is 0 Å². The normalized spacial score (nSPS) is 32.4. The molecule has 2 aliphatic rings. The molecule has 1 saturated carbocycles. The monoisotopic (exact) mass is 270 g/mol. The van der Waals surface area contributed by atoms with Gasteiger partial charge in [-0.15, -0.1) is 0 Å². The first kappa shape index (κ1) is 14.8. The first-order valence-corrected chi connectivity index (χ1v) is 7.22. The van der Waals surface area contributed by atoms with E-state index in [1.807, 2.05) is 6.92 Å². The molecule has 0 aromatic heterocycles. The van der Waals surface area contributed by atoms with Crippen LogP contribution in [-0.2, 0) is 14.3 Å². The molecule has 0 bridgehead atoms. The summed E-state index contributed by atoms with van der Waals surface area (Å²) in [5, 5.41) is 3.35. The second-order valence-electron chi connectivity index (χ2n) is 6.00. The summed E-state index contributed by atoms with van der Waals surface area (Å²) in [6.45, 7) is 4.93. The second kappa shape index (κ2) is 6.20. The Balaban J connectivity index is 1.64. The quantitative estimate of drug-likeness (QED) is 0.518. The standard InChI is InChI=1S/C14H26N2O3/c1-4-19-13(17)11-8-14(9-12(14)15-11)10-18-7-5-6-16(2)3/h11-12,15H,4-10H2,1-3H3/t11-,12?,14+/m0/s1. The van der Waals surface area contributed by atoms with Crippen molar-refractivity contribution in [3.63, 3.8) is 0 Å². The number of nitrogens with one attached hydrogen (secondary N) is 1. The third-order valence-electron chi connectivity index (χ3n) is 4.06. The van der Waals surface area contributed by atoms with Gasteiger partial charge in [-0.3, -0.25) is 4.79 Å². The lowest BCUT2D eigenvalue weighted by atomic mass is 10.0. The molecule has 19 heavy (non-hydrogen) atoms. The topological polar surface area (TPSA) is 50.8 Å². The third-order valence-corrected chi connectivity index (χ3v) is 4.06. The summed E-state index contributed by atoms with van der Waals surface area (Å²) in [6, 6.07) is 0.333. The van der Waals surface area contributed by atoms with Crippen molar-refractivity contribution in [1.29, 1.82) is 0 Å². The second-order valence-corrected chi connectivity index (χ2v) is 6.00. The molecule has 3 atom stereocenters. The maximum atomic E-state index is 11.7. The fraction of sp³-hybridized carbons (Fsp3) is 0.929. The minimum atomic E-state index is -0.121. The van der Waals surface area contributed by atoms with Crippen molar-refractivity contribution in [2.24, 2.45) is 5.41 Å². The molecule has 2 rings (SSSR count). The maximum absolute atomic E-state index is 11.7. The molecule has 0 aromatic rings. The predicted octanol–water partition coefficient (Wildman–Crippen LogP) is 0.638. The van der Waals surface area contributed by atoms with Crippen molar-refractivity contribution in [3.8, 4) is 0 Å². The number of carbonyl (C=O) groups is 1. The molecule has 1 saturated heterocycles. The summed E-state index contributed by atoms with van der Waals surface area (Å²) >= 11 is 0. The molecule has 0 amide bonds. The largest absolute Gasteiger partial charge is 0.465 e. The van der Waals surface area contributed by atoms with Crippen molar-refractivity contribution < 1.29 is 14.3 Å². The minimum absolute atomic E-state index is 0.110. The molecule has 1 unspecified atom stereocenters. The van der Waals surface area contributed by atoms with Gasteiger partial charge in [0.15, 0.2) is 0 Å². The van der Waals surface area contributed by atoms with Crippen LogP contribution in [0.15, 0.2) is 0 Å². The fourth-order valence-corrected chi connectivity index (χ4v) is 2.89. The van der Waals surface area contributed by atoms with Gasteiger partial charge in [-0.05, 0) is 46.8 Å². The van der Waals surface area contributed by atoms with E-state index in [0.717, 1.165) is 39.0 Å². The molecule has 5 nitrogen and oxygen atoms in total. The zero-order chi connectivity index (χ0) is 13.9. The van der Waals surface area contributed by atoms with E-state index in [9.17, 15) is 4.79 Å². The number of hydrogen-bond acceptors (Lipinski definition) is 5. The van der Waals surface area contributed by atoms with E-state index in [2.05, 4.69) is 24.3 Å². The van der Waals surface area contributed by atoms with Crippen molar-refractivity contribution in [3.05, 3.63) is 0 Å².